The molecule has 1 fully saturated rings. The lowest BCUT2D eigenvalue weighted by atomic mass is 9.76. The van der Waals surface area contributed by atoms with E-state index in [2.05, 4.69) is 72.0 Å². The lowest BCUT2D eigenvalue weighted by Gasteiger charge is -2.36. The van der Waals surface area contributed by atoms with Crippen molar-refractivity contribution in [3.63, 3.8) is 0 Å². The number of nitrogens with zero attached hydrogens (tertiary/aromatic N) is 3. The van der Waals surface area contributed by atoms with E-state index in [1.54, 1.807) is 0 Å². The van der Waals surface area contributed by atoms with Crippen LogP contribution >= 0.6 is 0 Å². The fourth-order valence-electron chi connectivity index (χ4n) is 5.42. The average Bonchev–Trinajstić information content (AvgIpc) is 3.39. The smallest absolute Gasteiger partial charge is 0.112 e. The van der Waals surface area contributed by atoms with Crippen LogP contribution in [-0.2, 0) is 17.6 Å². The molecule has 1 aliphatic heterocycles. The summed E-state index contributed by atoms with van der Waals surface area (Å²) in [6, 6.07) is 9.57. The SMILES string of the molecule is CCC(CN(C)c1ccc2cc(-c3n[nH]c4c3CCC(C)(C)C4)[nH]c2c1)N1CCOCC1. The molecule has 6 heteroatoms. The highest BCUT2D eigenvalue weighted by atomic mass is 16.5. The maximum Gasteiger partial charge on any atom is 0.112 e. The Morgan fingerprint density at radius 3 is 2.81 bits per heavy atom. The molecule has 0 spiro atoms. The molecule has 0 amide bonds. The van der Waals surface area contributed by atoms with Gasteiger partial charge in [-0.25, -0.2) is 0 Å². The van der Waals surface area contributed by atoms with E-state index < -0.39 is 0 Å². The molecule has 1 aromatic carbocycles. The van der Waals surface area contributed by atoms with Crippen molar-refractivity contribution in [1.82, 2.24) is 20.1 Å². The number of benzene rings is 1. The van der Waals surface area contributed by atoms with Gasteiger partial charge < -0.3 is 14.6 Å². The van der Waals surface area contributed by atoms with Gasteiger partial charge in [0.15, 0.2) is 0 Å². The van der Waals surface area contributed by atoms with Crippen molar-refractivity contribution in [2.45, 2.75) is 52.5 Å². The molecule has 1 saturated heterocycles. The molecule has 1 atom stereocenters. The highest BCUT2D eigenvalue weighted by Gasteiger charge is 2.29. The molecule has 6 nitrogen and oxygen atoms in total. The summed E-state index contributed by atoms with van der Waals surface area (Å²) in [7, 11) is 2.21. The van der Waals surface area contributed by atoms with Crippen LogP contribution < -0.4 is 4.90 Å². The standard InChI is InChI=1S/C26H37N5O/c1-5-19(31-10-12-32-13-11-31)17-30(4)20-7-6-18-14-23(27-22(18)15-20)25-21-8-9-26(2,3)16-24(21)28-29-25/h6-7,14-15,19,27H,5,8-13,16-17H2,1-4H3,(H,28,29). The molecule has 2 aromatic heterocycles. The van der Waals surface area contributed by atoms with Gasteiger partial charge in [-0.1, -0.05) is 26.8 Å². The molecule has 172 valence electrons. The Hall–Kier alpha value is -2.31. The summed E-state index contributed by atoms with van der Waals surface area (Å²) in [5, 5.41) is 9.27. The van der Waals surface area contributed by atoms with E-state index in [-0.39, 0.29) is 0 Å². The quantitative estimate of drug-likeness (QED) is 0.593. The lowest BCUT2D eigenvalue weighted by Crippen LogP contribution is -2.48. The number of likely N-dealkylation sites (N-methyl/N-ethyl adjacent to an activating group) is 1. The Kier molecular flexibility index (Phi) is 5.76. The van der Waals surface area contributed by atoms with Crippen LogP contribution in [0.5, 0.6) is 0 Å². The number of ether oxygens (including phenoxy) is 1. The van der Waals surface area contributed by atoms with E-state index in [0.717, 1.165) is 63.5 Å². The first kappa shape index (κ1) is 21.5. The van der Waals surface area contributed by atoms with Crippen LogP contribution in [-0.4, -0.2) is 66.0 Å². The highest BCUT2D eigenvalue weighted by molar-refractivity contribution is 5.88. The highest BCUT2D eigenvalue weighted by Crippen LogP contribution is 2.38. The summed E-state index contributed by atoms with van der Waals surface area (Å²) < 4.78 is 5.54. The Morgan fingerprint density at radius 2 is 2.03 bits per heavy atom. The van der Waals surface area contributed by atoms with E-state index in [1.165, 1.54) is 34.3 Å². The van der Waals surface area contributed by atoms with E-state index in [4.69, 9.17) is 9.84 Å². The molecule has 3 heterocycles. The number of H-pyrrole nitrogens is 2. The van der Waals surface area contributed by atoms with Crippen LogP contribution in [0.1, 0.15) is 44.9 Å². The first-order valence-electron chi connectivity index (χ1n) is 12.2. The summed E-state index contributed by atoms with van der Waals surface area (Å²) >= 11 is 0. The average molecular weight is 436 g/mol. The topological polar surface area (TPSA) is 60.2 Å². The Morgan fingerprint density at radius 1 is 1.22 bits per heavy atom. The van der Waals surface area contributed by atoms with Gasteiger partial charge in [-0.3, -0.25) is 10.00 Å². The molecule has 1 unspecified atom stereocenters. The van der Waals surface area contributed by atoms with Gasteiger partial charge in [0.25, 0.3) is 0 Å². The van der Waals surface area contributed by atoms with Crippen LogP contribution in [0.2, 0.25) is 0 Å². The number of aromatic amines is 2. The number of morpholine rings is 1. The lowest BCUT2D eigenvalue weighted by molar-refractivity contribution is 0.0174. The van der Waals surface area contributed by atoms with Crippen molar-refractivity contribution in [1.29, 1.82) is 0 Å². The second kappa shape index (κ2) is 8.56. The monoisotopic (exact) mass is 435 g/mol. The summed E-state index contributed by atoms with van der Waals surface area (Å²) in [6.07, 6.45) is 4.54. The van der Waals surface area contributed by atoms with Crippen molar-refractivity contribution < 1.29 is 4.74 Å². The van der Waals surface area contributed by atoms with Crippen molar-refractivity contribution in [2.75, 3.05) is 44.8 Å². The first-order chi connectivity index (χ1) is 15.4. The summed E-state index contributed by atoms with van der Waals surface area (Å²) in [4.78, 5) is 8.63. The number of rotatable bonds is 6. The minimum absolute atomic E-state index is 0.355. The van der Waals surface area contributed by atoms with Crippen LogP contribution in [0.25, 0.3) is 22.3 Å². The van der Waals surface area contributed by atoms with Gasteiger partial charge >= 0.3 is 0 Å². The van der Waals surface area contributed by atoms with Crippen LogP contribution in [0.4, 0.5) is 5.69 Å². The van der Waals surface area contributed by atoms with Gasteiger partial charge in [-0.2, -0.15) is 5.10 Å². The van der Waals surface area contributed by atoms with E-state index in [0.29, 0.717) is 11.5 Å². The maximum absolute atomic E-state index is 5.54. The van der Waals surface area contributed by atoms with Gasteiger partial charge in [0.2, 0.25) is 0 Å². The number of anilines is 1. The number of nitrogens with one attached hydrogen (secondary N) is 2. The second-order valence-corrected chi connectivity index (χ2v) is 10.4. The van der Waals surface area contributed by atoms with E-state index in [1.807, 2.05) is 0 Å². The predicted octanol–water partition coefficient (Wildman–Crippen LogP) is 4.62. The van der Waals surface area contributed by atoms with Crippen molar-refractivity contribution >= 4 is 16.6 Å². The Labute approximate surface area is 191 Å². The summed E-state index contributed by atoms with van der Waals surface area (Å²) in [5.74, 6) is 0. The zero-order chi connectivity index (χ0) is 22.3. The van der Waals surface area contributed by atoms with Crippen LogP contribution in [0.3, 0.4) is 0 Å². The van der Waals surface area contributed by atoms with E-state index in [9.17, 15) is 0 Å². The molecular weight excluding hydrogens is 398 g/mol. The number of hydrogen-bond acceptors (Lipinski definition) is 4. The van der Waals surface area contributed by atoms with Gasteiger partial charge in [0, 0.05) is 60.6 Å². The van der Waals surface area contributed by atoms with Crippen molar-refractivity contribution in [3.8, 4) is 11.4 Å². The maximum atomic E-state index is 5.54. The summed E-state index contributed by atoms with van der Waals surface area (Å²) in [6.45, 7) is 11.8. The fourth-order valence-corrected chi connectivity index (χ4v) is 5.42. The minimum atomic E-state index is 0.355. The molecule has 32 heavy (non-hydrogen) atoms. The Balaban J connectivity index is 1.36. The third-order valence-electron chi connectivity index (χ3n) is 7.48. The first-order valence-corrected chi connectivity index (χ1v) is 12.2. The zero-order valence-electron chi connectivity index (χ0n) is 20.0. The molecule has 5 rings (SSSR count). The molecule has 1 aliphatic carbocycles. The van der Waals surface area contributed by atoms with Crippen LogP contribution in [0, 0.1) is 5.41 Å². The predicted molar refractivity (Wildman–Crippen MR) is 131 cm³/mol. The Bertz CT molecular complexity index is 1080. The number of aromatic nitrogens is 3. The molecular formula is C26H37N5O. The third kappa shape index (κ3) is 4.18. The van der Waals surface area contributed by atoms with Gasteiger partial charge in [0.05, 0.1) is 18.9 Å². The molecule has 2 aliphatic rings. The molecule has 0 radical (unpaired) electrons. The largest absolute Gasteiger partial charge is 0.379 e. The second-order valence-electron chi connectivity index (χ2n) is 10.4. The third-order valence-corrected chi connectivity index (χ3v) is 7.48. The van der Waals surface area contributed by atoms with Crippen LogP contribution in [0.15, 0.2) is 24.3 Å². The van der Waals surface area contributed by atoms with Crippen molar-refractivity contribution in [2.24, 2.45) is 5.41 Å². The zero-order valence-corrected chi connectivity index (χ0v) is 20.0. The number of fused-ring (bicyclic) bond motifs is 2. The molecule has 2 N–H and O–H groups in total. The molecule has 3 aromatic rings. The van der Waals surface area contributed by atoms with Gasteiger partial charge in [-0.15, -0.1) is 0 Å². The molecule has 0 bridgehead atoms. The number of hydrogen-bond donors (Lipinski definition) is 2. The normalized spacial score (nSPS) is 19.8. The minimum Gasteiger partial charge on any atom is -0.379 e. The fraction of sp³-hybridized carbons (Fsp3) is 0.577. The van der Waals surface area contributed by atoms with Gasteiger partial charge in [0.1, 0.15) is 5.69 Å². The molecule has 0 saturated carbocycles. The van der Waals surface area contributed by atoms with E-state index >= 15 is 0 Å². The van der Waals surface area contributed by atoms with Crippen molar-refractivity contribution in [3.05, 3.63) is 35.5 Å². The van der Waals surface area contributed by atoms with Gasteiger partial charge in [-0.05, 0) is 49.3 Å². The summed E-state index contributed by atoms with van der Waals surface area (Å²) in [5.41, 5.74) is 7.71.